The lowest BCUT2D eigenvalue weighted by Gasteiger charge is -2.34. The minimum Gasteiger partial charge on any atom is -0.508 e. The molecule has 0 saturated heterocycles. The van der Waals surface area contributed by atoms with Gasteiger partial charge in [0.25, 0.3) is 0 Å². The number of rotatable bonds is 6. The molecule has 2 heteroatoms. The van der Waals surface area contributed by atoms with E-state index in [1.54, 1.807) is 0 Å². The van der Waals surface area contributed by atoms with Gasteiger partial charge < -0.3 is 10.2 Å². The van der Waals surface area contributed by atoms with Crippen LogP contribution < -0.4 is 0 Å². The Morgan fingerprint density at radius 2 is 1.07 bits per heavy atom. The standard InChI is InChI=1S/C27H40O2/c1-9-10-11-16-27(8,19-12-14-23(28)21(17-19)25(2,3)4)20-13-15-24(29)22(18-20)26(5,6)7/h12-15,17-18,28-29H,9-11,16H2,1-8H3. The Bertz CT molecular complexity index is 771. The number of hydrogen-bond acceptors (Lipinski definition) is 2. The van der Waals surface area contributed by atoms with Crippen molar-refractivity contribution < 1.29 is 10.2 Å². The van der Waals surface area contributed by atoms with Crippen LogP contribution in [0.4, 0.5) is 0 Å². The topological polar surface area (TPSA) is 40.5 Å². The third-order valence-electron chi connectivity index (χ3n) is 6.16. The van der Waals surface area contributed by atoms with Crippen LogP contribution in [0.5, 0.6) is 11.5 Å². The quantitative estimate of drug-likeness (QED) is 0.494. The van der Waals surface area contributed by atoms with Gasteiger partial charge in [-0.3, -0.25) is 0 Å². The second-order valence-corrected chi connectivity index (χ2v) is 10.8. The van der Waals surface area contributed by atoms with Gasteiger partial charge in [0.1, 0.15) is 11.5 Å². The summed E-state index contributed by atoms with van der Waals surface area (Å²) in [5.74, 6) is 0.719. The molecule has 0 atom stereocenters. The summed E-state index contributed by atoms with van der Waals surface area (Å²) in [4.78, 5) is 0. The van der Waals surface area contributed by atoms with Crippen LogP contribution in [0.1, 0.15) is 103 Å². The first-order chi connectivity index (χ1) is 13.3. The lowest BCUT2D eigenvalue weighted by atomic mass is 9.70. The van der Waals surface area contributed by atoms with Gasteiger partial charge in [0.05, 0.1) is 0 Å². The fourth-order valence-electron chi connectivity index (χ4n) is 4.14. The van der Waals surface area contributed by atoms with E-state index in [1.807, 2.05) is 12.1 Å². The third-order valence-corrected chi connectivity index (χ3v) is 6.16. The number of hydrogen-bond donors (Lipinski definition) is 2. The lowest BCUT2D eigenvalue weighted by Crippen LogP contribution is -2.26. The molecular formula is C27H40O2. The van der Waals surface area contributed by atoms with Gasteiger partial charge in [0, 0.05) is 5.41 Å². The first kappa shape index (κ1) is 23.3. The van der Waals surface area contributed by atoms with Crippen LogP contribution in [0, 0.1) is 0 Å². The molecule has 0 fully saturated rings. The van der Waals surface area contributed by atoms with Crippen LogP contribution in [-0.4, -0.2) is 10.2 Å². The summed E-state index contributed by atoms with van der Waals surface area (Å²) in [5, 5.41) is 21.0. The predicted octanol–water partition coefficient (Wildman–Crippen LogP) is 7.58. The second kappa shape index (κ2) is 8.42. The highest BCUT2D eigenvalue weighted by Gasteiger charge is 2.32. The smallest absolute Gasteiger partial charge is 0.119 e. The van der Waals surface area contributed by atoms with Crippen LogP contribution in [0.3, 0.4) is 0 Å². The van der Waals surface area contributed by atoms with Gasteiger partial charge in [0.15, 0.2) is 0 Å². The van der Waals surface area contributed by atoms with Gasteiger partial charge in [0.2, 0.25) is 0 Å². The molecule has 0 aliphatic rings. The van der Waals surface area contributed by atoms with E-state index < -0.39 is 0 Å². The molecule has 0 amide bonds. The minimum absolute atomic E-state index is 0.129. The highest BCUT2D eigenvalue weighted by Crippen LogP contribution is 2.43. The lowest BCUT2D eigenvalue weighted by molar-refractivity contribution is 0.437. The zero-order chi connectivity index (χ0) is 22.0. The molecular weight excluding hydrogens is 356 g/mol. The van der Waals surface area contributed by atoms with E-state index in [-0.39, 0.29) is 16.2 Å². The molecule has 2 aromatic carbocycles. The second-order valence-electron chi connectivity index (χ2n) is 10.8. The Labute approximate surface area is 178 Å². The van der Waals surface area contributed by atoms with E-state index in [2.05, 4.69) is 79.7 Å². The molecule has 29 heavy (non-hydrogen) atoms. The molecule has 0 bridgehead atoms. The first-order valence-corrected chi connectivity index (χ1v) is 11.0. The fraction of sp³-hybridized carbons (Fsp3) is 0.556. The highest BCUT2D eigenvalue weighted by atomic mass is 16.3. The van der Waals surface area contributed by atoms with Crippen molar-refractivity contribution in [2.24, 2.45) is 0 Å². The molecule has 0 aliphatic heterocycles. The fourth-order valence-corrected chi connectivity index (χ4v) is 4.14. The van der Waals surface area contributed by atoms with Crippen molar-refractivity contribution in [2.45, 2.75) is 97.3 Å². The zero-order valence-corrected chi connectivity index (χ0v) is 19.7. The SMILES string of the molecule is CCCCCC(C)(c1ccc(O)c(C(C)(C)C)c1)c1ccc(O)c(C(C)(C)C)c1. The van der Waals surface area contributed by atoms with Gasteiger partial charge in [-0.05, 0) is 51.6 Å². The summed E-state index contributed by atoms with van der Waals surface area (Å²) in [5.41, 5.74) is 3.96. The van der Waals surface area contributed by atoms with Crippen molar-refractivity contribution in [3.05, 3.63) is 58.7 Å². The summed E-state index contributed by atoms with van der Waals surface area (Å²) in [6.45, 7) is 17.4. The highest BCUT2D eigenvalue weighted by molar-refractivity contribution is 5.50. The molecule has 2 N–H and O–H groups in total. The van der Waals surface area contributed by atoms with Gasteiger partial charge in [-0.25, -0.2) is 0 Å². The van der Waals surface area contributed by atoms with E-state index in [4.69, 9.17) is 0 Å². The molecule has 0 heterocycles. The zero-order valence-electron chi connectivity index (χ0n) is 19.7. The Hall–Kier alpha value is -1.96. The molecule has 0 aromatic heterocycles. The Balaban J connectivity index is 2.67. The molecule has 2 aromatic rings. The number of unbranched alkanes of at least 4 members (excludes halogenated alkanes) is 2. The molecule has 0 unspecified atom stereocenters. The van der Waals surface area contributed by atoms with Gasteiger partial charge in [-0.1, -0.05) is 98.9 Å². The molecule has 0 aliphatic carbocycles. The maximum absolute atomic E-state index is 10.5. The molecule has 160 valence electrons. The summed E-state index contributed by atoms with van der Waals surface area (Å²) in [6, 6.07) is 12.2. The van der Waals surface area contributed by atoms with Crippen LogP contribution in [0.15, 0.2) is 36.4 Å². The van der Waals surface area contributed by atoms with Crippen molar-refractivity contribution in [2.75, 3.05) is 0 Å². The summed E-state index contributed by atoms with van der Waals surface area (Å²) in [6.07, 6.45) is 4.56. The Morgan fingerprint density at radius 1 is 0.655 bits per heavy atom. The molecule has 2 rings (SSSR count). The normalized spacial score (nSPS) is 13.0. The van der Waals surface area contributed by atoms with Gasteiger partial charge in [-0.2, -0.15) is 0 Å². The monoisotopic (exact) mass is 396 g/mol. The van der Waals surface area contributed by atoms with E-state index in [9.17, 15) is 10.2 Å². The summed E-state index contributed by atoms with van der Waals surface area (Å²) >= 11 is 0. The number of phenolic OH excluding ortho intramolecular Hbond substituents is 2. The van der Waals surface area contributed by atoms with E-state index in [0.717, 1.165) is 24.0 Å². The van der Waals surface area contributed by atoms with Crippen molar-refractivity contribution in [1.82, 2.24) is 0 Å². The Kier molecular flexibility index (Phi) is 6.77. The number of aromatic hydroxyl groups is 2. The van der Waals surface area contributed by atoms with Crippen LogP contribution in [0.2, 0.25) is 0 Å². The van der Waals surface area contributed by atoms with Gasteiger partial charge >= 0.3 is 0 Å². The number of phenols is 2. The van der Waals surface area contributed by atoms with Crippen molar-refractivity contribution in [1.29, 1.82) is 0 Å². The van der Waals surface area contributed by atoms with Crippen molar-refractivity contribution >= 4 is 0 Å². The van der Waals surface area contributed by atoms with Crippen LogP contribution in [0.25, 0.3) is 0 Å². The molecule has 0 saturated carbocycles. The van der Waals surface area contributed by atoms with E-state index >= 15 is 0 Å². The van der Waals surface area contributed by atoms with Gasteiger partial charge in [-0.15, -0.1) is 0 Å². The summed E-state index contributed by atoms with van der Waals surface area (Å²) in [7, 11) is 0. The number of benzene rings is 2. The predicted molar refractivity (Wildman–Crippen MR) is 124 cm³/mol. The van der Waals surface area contributed by atoms with Crippen molar-refractivity contribution in [3.63, 3.8) is 0 Å². The third kappa shape index (κ3) is 5.15. The molecule has 0 spiro atoms. The molecule has 2 nitrogen and oxygen atoms in total. The van der Waals surface area contributed by atoms with E-state index in [1.165, 1.54) is 24.0 Å². The van der Waals surface area contributed by atoms with Crippen LogP contribution in [-0.2, 0) is 16.2 Å². The Morgan fingerprint density at radius 3 is 1.41 bits per heavy atom. The largest absolute Gasteiger partial charge is 0.508 e. The maximum Gasteiger partial charge on any atom is 0.119 e. The average molecular weight is 397 g/mol. The van der Waals surface area contributed by atoms with E-state index in [0.29, 0.717) is 11.5 Å². The maximum atomic E-state index is 10.5. The van der Waals surface area contributed by atoms with Crippen LogP contribution >= 0.6 is 0 Å². The van der Waals surface area contributed by atoms with Crippen molar-refractivity contribution in [3.8, 4) is 11.5 Å². The molecule has 0 radical (unpaired) electrons. The first-order valence-electron chi connectivity index (χ1n) is 11.0. The minimum atomic E-state index is -0.184. The average Bonchev–Trinajstić information content (AvgIpc) is 2.60. The summed E-state index contributed by atoms with van der Waals surface area (Å²) < 4.78 is 0.